The molecule has 0 spiro atoms. The first kappa shape index (κ1) is 13.4. The molecule has 21 heavy (non-hydrogen) atoms. The van der Waals surface area contributed by atoms with Crippen LogP contribution in [-0.4, -0.2) is 24.3 Å². The van der Waals surface area contributed by atoms with Crippen molar-refractivity contribution in [3.63, 3.8) is 0 Å². The Balaban J connectivity index is 2.16. The van der Waals surface area contributed by atoms with E-state index < -0.39 is 5.97 Å². The van der Waals surface area contributed by atoms with Crippen molar-refractivity contribution in [1.82, 2.24) is 0 Å². The zero-order chi connectivity index (χ0) is 15.0. The maximum absolute atomic E-state index is 13.7. The van der Waals surface area contributed by atoms with Crippen molar-refractivity contribution < 1.29 is 23.8 Å². The van der Waals surface area contributed by atoms with Crippen LogP contribution in [0.15, 0.2) is 30.3 Å². The number of benzene rings is 2. The third kappa shape index (κ3) is 2.42. The number of aromatic carboxylic acids is 1. The maximum Gasteiger partial charge on any atom is 0.339 e. The van der Waals surface area contributed by atoms with Crippen LogP contribution in [0.3, 0.4) is 0 Å². The van der Waals surface area contributed by atoms with E-state index in [2.05, 4.69) is 0 Å². The van der Waals surface area contributed by atoms with E-state index >= 15 is 0 Å². The van der Waals surface area contributed by atoms with E-state index in [1.807, 2.05) is 0 Å². The van der Waals surface area contributed by atoms with Crippen molar-refractivity contribution in [3.05, 3.63) is 47.3 Å². The lowest BCUT2D eigenvalue weighted by Gasteiger charge is -2.21. The Kier molecular flexibility index (Phi) is 3.25. The molecule has 0 aliphatic carbocycles. The summed E-state index contributed by atoms with van der Waals surface area (Å²) in [6, 6.07) is 7.93. The van der Waals surface area contributed by atoms with Gasteiger partial charge in [-0.25, -0.2) is 9.18 Å². The van der Waals surface area contributed by atoms with E-state index in [0.717, 1.165) is 0 Å². The van der Waals surface area contributed by atoms with Gasteiger partial charge in [-0.15, -0.1) is 0 Å². The monoisotopic (exact) mass is 288 g/mol. The lowest BCUT2D eigenvalue weighted by Crippen LogP contribution is -2.18. The molecule has 108 valence electrons. The highest BCUT2D eigenvalue weighted by Gasteiger charge is 2.22. The topological polar surface area (TPSA) is 55.8 Å². The van der Waals surface area contributed by atoms with Gasteiger partial charge in [0.25, 0.3) is 0 Å². The Morgan fingerprint density at radius 3 is 2.62 bits per heavy atom. The van der Waals surface area contributed by atoms with Crippen LogP contribution in [-0.2, 0) is 0 Å². The predicted molar refractivity (Wildman–Crippen MR) is 74.5 cm³/mol. The van der Waals surface area contributed by atoms with Crippen molar-refractivity contribution in [2.75, 3.05) is 13.2 Å². The van der Waals surface area contributed by atoms with Gasteiger partial charge < -0.3 is 14.6 Å². The van der Waals surface area contributed by atoms with Gasteiger partial charge in [0.1, 0.15) is 24.6 Å². The third-order valence-electron chi connectivity index (χ3n) is 3.38. The van der Waals surface area contributed by atoms with Crippen LogP contribution in [0.5, 0.6) is 11.5 Å². The van der Waals surface area contributed by atoms with Crippen LogP contribution >= 0.6 is 0 Å². The number of ether oxygens (including phenoxy) is 2. The van der Waals surface area contributed by atoms with Crippen molar-refractivity contribution >= 4 is 5.97 Å². The minimum Gasteiger partial charge on any atom is -0.486 e. The molecule has 0 unspecified atom stereocenters. The average Bonchev–Trinajstić information content (AvgIpc) is 2.48. The highest BCUT2D eigenvalue weighted by molar-refractivity contribution is 5.94. The molecular weight excluding hydrogens is 275 g/mol. The molecular formula is C16H13FO4. The average molecular weight is 288 g/mol. The fourth-order valence-electron chi connectivity index (χ4n) is 2.25. The number of hydrogen-bond acceptors (Lipinski definition) is 3. The molecule has 0 saturated heterocycles. The normalized spacial score (nSPS) is 13.0. The molecule has 1 heterocycles. The standard InChI is InChI=1S/C16H13FO4/c1-9-2-3-10(7-13(9)17)11-6-12(16(18)19)15-14(8-11)20-4-5-21-15/h2-3,6-8H,4-5H2,1H3,(H,18,19). The summed E-state index contributed by atoms with van der Waals surface area (Å²) in [5, 5.41) is 9.30. The number of carbonyl (C=O) groups is 1. The first-order valence-electron chi connectivity index (χ1n) is 6.50. The van der Waals surface area contributed by atoms with Crippen molar-refractivity contribution in [2.24, 2.45) is 0 Å². The first-order valence-corrected chi connectivity index (χ1v) is 6.50. The molecule has 3 rings (SSSR count). The van der Waals surface area contributed by atoms with Gasteiger partial charge in [-0.05, 0) is 41.8 Å². The summed E-state index contributed by atoms with van der Waals surface area (Å²) in [4.78, 5) is 11.4. The van der Waals surface area contributed by atoms with Gasteiger partial charge in [0.15, 0.2) is 11.5 Å². The molecule has 1 aliphatic heterocycles. The van der Waals surface area contributed by atoms with Crippen LogP contribution in [0, 0.1) is 12.7 Å². The highest BCUT2D eigenvalue weighted by Crippen LogP contribution is 2.38. The third-order valence-corrected chi connectivity index (χ3v) is 3.38. The highest BCUT2D eigenvalue weighted by atomic mass is 19.1. The lowest BCUT2D eigenvalue weighted by atomic mass is 10.00. The summed E-state index contributed by atoms with van der Waals surface area (Å²) in [5.74, 6) is -0.840. The second-order valence-electron chi connectivity index (χ2n) is 4.82. The van der Waals surface area contributed by atoms with Gasteiger partial charge in [-0.1, -0.05) is 12.1 Å². The van der Waals surface area contributed by atoms with Crippen LogP contribution in [0.25, 0.3) is 11.1 Å². The molecule has 2 aromatic rings. The smallest absolute Gasteiger partial charge is 0.339 e. The number of carboxylic acid groups (broad SMARTS) is 1. The molecule has 5 heteroatoms. The number of hydrogen-bond donors (Lipinski definition) is 1. The Morgan fingerprint density at radius 2 is 1.90 bits per heavy atom. The lowest BCUT2D eigenvalue weighted by molar-refractivity contribution is 0.0686. The fraction of sp³-hybridized carbons (Fsp3) is 0.188. The number of carboxylic acids is 1. The Bertz CT molecular complexity index is 724. The molecule has 0 atom stereocenters. The van der Waals surface area contributed by atoms with Crippen LogP contribution in [0.2, 0.25) is 0 Å². The first-order chi connectivity index (χ1) is 10.1. The molecule has 1 N–H and O–H groups in total. The van der Waals surface area contributed by atoms with E-state index in [9.17, 15) is 14.3 Å². The molecule has 4 nitrogen and oxygen atoms in total. The minimum absolute atomic E-state index is 0.0168. The number of rotatable bonds is 2. The summed E-state index contributed by atoms with van der Waals surface area (Å²) in [6.45, 7) is 2.34. The largest absolute Gasteiger partial charge is 0.486 e. The molecule has 0 fully saturated rings. The zero-order valence-electron chi connectivity index (χ0n) is 11.4. The van der Waals surface area contributed by atoms with Crippen LogP contribution in [0.1, 0.15) is 15.9 Å². The summed E-state index contributed by atoms with van der Waals surface area (Å²) >= 11 is 0. The van der Waals surface area contributed by atoms with Gasteiger partial charge in [0, 0.05) is 0 Å². The predicted octanol–water partition coefficient (Wildman–Crippen LogP) is 3.27. The zero-order valence-corrected chi connectivity index (χ0v) is 11.4. The summed E-state index contributed by atoms with van der Waals surface area (Å²) in [5.41, 5.74) is 1.73. The van der Waals surface area contributed by atoms with Gasteiger partial charge >= 0.3 is 5.97 Å². The van der Waals surface area contributed by atoms with Crippen LogP contribution < -0.4 is 9.47 Å². The fourth-order valence-corrected chi connectivity index (χ4v) is 2.25. The van der Waals surface area contributed by atoms with Gasteiger partial charge in [0.2, 0.25) is 0 Å². The van der Waals surface area contributed by atoms with E-state index in [0.29, 0.717) is 35.7 Å². The molecule has 0 amide bonds. The van der Waals surface area contributed by atoms with E-state index in [1.54, 1.807) is 25.1 Å². The maximum atomic E-state index is 13.7. The number of fused-ring (bicyclic) bond motifs is 1. The number of halogens is 1. The summed E-state index contributed by atoms with van der Waals surface area (Å²) < 4.78 is 24.5. The van der Waals surface area contributed by atoms with Crippen molar-refractivity contribution in [3.8, 4) is 22.6 Å². The Morgan fingerprint density at radius 1 is 1.14 bits per heavy atom. The Hall–Kier alpha value is -2.56. The Labute approximate surface area is 120 Å². The van der Waals surface area contributed by atoms with E-state index in [1.165, 1.54) is 12.1 Å². The molecule has 0 bridgehead atoms. The van der Waals surface area contributed by atoms with Gasteiger partial charge in [-0.2, -0.15) is 0 Å². The quantitative estimate of drug-likeness (QED) is 0.921. The second-order valence-corrected chi connectivity index (χ2v) is 4.82. The summed E-state index contributed by atoms with van der Waals surface area (Å²) in [6.07, 6.45) is 0. The van der Waals surface area contributed by atoms with E-state index in [-0.39, 0.29) is 17.1 Å². The molecule has 0 aromatic heterocycles. The molecule has 0 saturated carbocycles. The minimum atomic E-state index is -1.11. The molecule has 2 aromatic carbocycles. The second kappa shape index (κ2) is 5.09. The molecule has 1 aliphatic rings. The summed E-state index contributed by atoms with van der Waals surface area (Å²) in [7, 11) is 0. The van der Waals surface area contributed by atoms with Gasteiger partial charge in [-0.3, -0.25) is 0 Å². The van der Waals surface area contributed by atoms with Crippen molar-refractivity contribution in [1.29, 1.82) is 0 Å². The SMILES string of the molecule is Cc1ccc(-c2cc3c(c(C(=O)O)c2)OCCO3)cc1F. The van der Waals surface area contributed by atoms with Crippen LogP contribution in [0.4, 0.5) is 4.39 Å². The van der Waals surface area contributed by atoms with E-state index in [4.69, 9.17) is 9.47 Å². The molecule has 0 radical (unpaired) electrons. The number of aryl methyl sites for hydroxylation is 1. The van der Waals surface area contributed by atoms with Gasteiger partial charge in [0.05, 0.1) is 0 Å². The van der Waals surface area contributed by atoms with Crippen molar-refractivity contribution in [2.45, 2.75) is 6.92 Å².